The van der Waals surface area contributed by atoms with E-state index in [4.69, 9.17) is 4.74 Å². The Morgan fingerprint density at radius 1 is 1.05 bits per heavy atom. The topological polar surface area (TPSA) is 37.9 Å². The maximum atomic E-state index is 13.6. The van der Waals surface area contributed by atoms with E-state index in [9.17, 15) is 13.2 Å². The van der Waals surface area contributed by atoms with Crippen molar-refractivity contribution in [2.45, 2.75) is 0 Å². The van der Waals surface area contributed by atoms with Crippen LogP contribution in [0.25, 0.3) is 22.4 Å². The van der Waals surface area contributed by atoms with Crippen LogP contribution in [0.2, 0.25) is 0 Å². The van der Waals surface area contributed by atoms with Crippen LogP contribution in [0, 0.1) is 17.5 Å². The van der Waals surface area contributed by atoms with Crippen LogP contribution >= 0.6 is 0 Å². The fourth-order valence-electron chi connectivity index (χ4n) is 1.97. The van der Waals surface area contributed by atoms with E-state index >= 15 is 0 Å². The molecule has 0 saturated carbocycles. The van der Waals surface area contributed by atoms with Crippen molar-refractivity contribution < 1.29 is 17.9 Å². The number of rotatable bonds is 2. The molecule has 1 aromatic heterocycles. The molecule has 2 aromatic carbocycles. The first-order chi connectivity index (χ1) is 9.60. The Kier molecular flexibility index (Phi) is 2.85. The van der Waals surface area contributed by atoms with Gasteiger partial charge in [0.25, 0.3) is 0 Å². The van der Waals surface area contributed by atoms with E-state index in [0.29, 0.717) is 11.1 Å². The van der Waals surface area contributed by atoms with Crippen molar-refractivity contribution in [3.63, 3.8) is 0 Å². The van der Waals surface area contributed by atoms with E-state index in [-0.39, 0.29) is 17.1 Å². The molecule has 0 saturated heterocycles. The van der Waals surface area contributed by atoms with Crippen molar-refractivity contribution in [2.24, 2.45) is 0 Å². The first kappa shape index (κ1) is 12.5. The first-order valence-electron chi connectivity index (χ1n) is 5.78. The minimum atomic E-state index is -1.03. The largest absolute Gasteiger partial charge is 0.494 e. The number of benzene rings is 2. The van der Waals surface area contributed by atoms with E-state index < -0.39 is 17.5 Å². The first-order valence-corrected chi connectivity index (χ1v) is 5.78. The summed E-state index contributed by atoms with van der Waals surface area (Å²) in [6, 6.07) is 6.62. The summed E-state index contributed by atoms with van der Waals surface area (Å²) >= 11 is 0. The quantitative estimate of drug-likeness (QED) is 0.777. The molecule has 0 atom stereocenters. The molecule has 0 radical (unpaired) electrons. The maximum absolute atomic E-state index is 13.6. The number of methoxy groups -OCH3 is 1. The van der Waals surface area contributed by atoms with Gasteiger partial charge in [-0.25, -0.2) is 18.2 Å². The van der Waals surface area contributed by atoms with Crippen LogP contribution in [0.5, 0.6) is 5.75 Å². The number of aromatic nitrogens is 2. The number of ether oxygens (including phenoxy) is 1. The van der Waals surface area contributed by atoms with Crippen LogP contribution in [-0.2, 0) is 0 Å². The molecule has 0 aliphatic rings. The molecule has 3 aromatic rings. The summed E-state index contributed by atoms with van der Waals surface area (Å²) in [6.07, 6.45) is 0. The molecule has 0 aliphatic heterocycles. The number of imidazole rings is 1. The van der Waals surface area contributed by atoms with Crippen molar-refractivity contribution in [2.75, 3.05) is 7.11 Å². The smallest absolute Gasteiger partial charge is 0.186 e. The van der Waals surface area contributed by atoms with E-state index in [1.54, 1.807) is 6.07 Å². The number of hydrogen-bond donors (Lipinski definition) is 1. The highest BCUT2D eigenvalue weighted by Gasteiger charge is 2.14. The highest BCUT2D eigenvalue weighted by molar-refractivity contribution is 5.80. The lowest BCUT2D eigenvalue weighted by Gasteiger charge is -2.02. The summed E-state index contributed by atoms with van der Waals surface area (Å²) in [5, 5.41) is 0. The Bertz CT molecular complexity index is 798. The van der Waals surface area contributed by atoms with Gasteiger partial charge in [0.2, 0.25) is 0 Å². The molecule has 0 unspecified atom stereocenters. The van der Waals surface area contributed by atoms with Crippen molar-refractivity contribution in [3.8, 4) is 17.1 Å². The Morgan fingerprint density at radius 3 is 2.55 bits per heavy atom. The number of fused-ring (bicyclic) bond motifs is 1. The maximum Gasteiger partial charge on any atom is 0.186 e. The molecule has 0 bridgehead atoms. The normalized spacial score (nSPS) is 11.0. The van der Waals surface area contributed by atoms with E-state index in [1.807, 2.05) is 0 Å². The van der Waals surface area contributed by atoms with Gasteiger partial charge in [-0.3, -0.25) is 0 Å². The average Bonchev–Trinajstić information content (AvgIpc) is 2.88. The van der Waals surface area contributed by atoms with Crippen molar-refractivity contribution in [1.82, 2.24) is 9.97 Å². The van der Waals surface area contributed by atoms with Crippen LogP contribution in [-0.4, -0.2) is 17.1 Å². The fraction of sp³-hybridized carbons (Fsp3) is 0.0714. The Morgan fingerprint density at radius 2 is 1.85 bits per heavy atom. The molecule has 0 fully saturated rings. The Hall–Kier alpha value is -2.50. The Labute approximate surface area is 112 Å². The molecule has 1 heterocycles. The number of H-pyrrole nitrogens is 1. The molecule has 20 heavy (non-hydrogen) atoms. The van der Waals surface area contributed by atoms with Gasteiger partial charge in [0.1, 0.15) is 11.3 Å². The predicted molar refractivity (Wildman–Crippen MR) is 68.0 cm³/mol. The number of halogens is 3. The van der Waals surface area contributed by atoms with Gasteiger partial charge in [-0.15, -0.1) is 0 Å². The van der Waals surface area contributed by atoms with Gasteiger partial charge in [0, 0.05) is 5.56 Å². The summed E-state index contributed by atoms with van der Waals surface area (Å²) in [7, 11) is 1.36. The summed E-state index contributed by atoms with van der Waals surface area (Å²) < 4.78 is 45.1. The van der Waals surface area contributed by atoms with Gasteiger partial charge in [0.05, 0.1) is 12.6 Å². The highest BCUT2D eigenvalue weighted by Crippen LogP contribution is 2.26. The van der Waals surface area contributed by atoms with Gasteiger partial charge < -0.3 is 9.72 Å². The third-order valence-electron chi connectivity index (χ3n) is 2.97. The SMILES string of the molecule is COc1ccc(-c2nc3c(F)c(F)ccc3[nH]2)cc1F. The molecule has 0 spiro atoms. The van der Waals surface area contributed by atoms with E-state index in [0.717, 1.165) is 6.07 Å². The predicted octanol–water partition coefficient (Wildman–Crippen LogP) is 3.66. The van der Waals surface area contributed by atoms with Gasteiger partial charge in [-0.2, -0.15) is 0 Å². The second-order valence-electron chi connectivity index (χ2n) is 4.19. The second-order valence-corrected chi connectivity index (χ2v) is 4.19. The van der Waals surface area contributed by atoms with Gasteiger partial charge >= 0.3 is 0 Å². The van der Waals surface area contributed by atoms with Crippen LogP contribution in [0.1, 0.15) is 0 Å². The van der Waals surface area contributed by atoms with Crippen LogP contribution in [0.4, 0.5) is 13.2 Å². The van der Waals surface area contributed by atoms with Crippen molar-refractivity contribution in [1.29, 1.82) is 0 Å². The minimum Gasteiger partial charge on any atom is -0.494 e. The van der Waals surface area contributed by atoms with Gasteiger partial charge in [-0.1, -0.05) is 0 Å². The highest BCUT2D eigenvalue weighted by atomic mass is 19.2. The number of nitrogens with zero attached hydrogens (tertiary/aromatic N) is 1. The lowest BCUT2D eigenvalue weighted by Crippen LogP contribution is -1.89. The summed E-state index contributed by atoms with van der Waals surface area (Å²) in [5.41, 5.74) is 0.644. The monoisotopic (exact) mass is 278 g/mol. The van der Waals surface area contributed by atoms with Crippen molar-refractivity contribution >= 4 is 11.0 Å². The van der Waals surface area contributed by atoms with Crippen LogP contribution in [0.3, 0.4) is 0 Å². The van der Waals surface area contributed by atoms with E-state index in [2.05, 4.69) is 9.97 Å². The molecular formula is C14H9F3N2O. The average molecular weight is 278 g/mol. The van der Waals surface area contributed by atoms with E-state index in [1.165, 1.54) is 25.3 Å². The van der Waals surface area contributed by atoms with Crippen molar-refractivity contribution in [3.05, 3.63) is 47.8 Å². The molecule has 0 amide bonds. The molecule has 0 aliphatic carbocycles. The molecule has 3 nitrogen and oxygen atoms in total. The molecule has 6 heteroatoms. The van der Waals surface area contributed by atoms with Gasteiger partial charge in [0.15, 0.2) is 23.2 Å². The number of aromatic amines is 1. The molecule has 1 N–H and O–H groups in total. The standard InChI is InChI=1S/C14H9F3N2O/c1-20-11-5-2-7(6-9(11)16)14-18-10-4-3-8(15)12(17)13(10)19-14/h2-6H,1H3,(H,18,19). The summed E-state index contributed by atoms with van der Waals surface area (Å²) in [6.45, 7) is 0. The molecule has 3 rings (SSSR count). The zero-order valence-corrected chi connectivity index (χ0v) is 10.4. The summed E-state index contributed by atoms with van der Waals surface area (Å²) in [5.74, 6) is -2.21. The lowest BCUT2D eigenvalue weighted by molar-refractivity contribution is 0.386. The number of hydrogen-bond acceptors (Lipinski definition) is 2. The minimum absolute atomic E-state index is 0.0992. The molecular weight excluding hydrogens is 269 g/mol. The molecule has 102 valence electrons. The zero-order valence-electron chi connectivity index (χ0n) is 10.4. The van der Waals surface area contributed by atoms with Crippen LogP contribution < -0.4 is 4.74 Å². The third kappa shape index (κ3) is 1.89. The second kappa shape index (κ2) is 4.56. The zero-order chi connectivity index (χ0) is 14.3. The number of nitrogens with one attached hydrogen (secondary N) is 1. The fourth-order valence-corrected chi connectivity index (χ4v) is 1.97. The van der Waals surface area contributed by atoms with Gasteiger partial charge in [-0.05, 0) is 30.3 Å². The lowest BCUT2D eigenvalue weighted by atomic mass is 10.2. The summed E-state index contributed by atoms with van der Waals surface area (Å²) in [4.78, 5) is 6.78. The van der Waals surface area contributed by atoms with Crippen LogP contribution in [0.15, 0.2) is 30.3 Å². The Balaban J connectivity index is 2.15. The third-order valence-corrected chi connectivity index (χ3v) is 2.97.